The van der Waals surface area contributed by atoms with Crippen LogP contribution in [0.5, 0.6) is 5.75 Å². The molecule has 3 heterocycles. The summed E-state index contributed by atoms with van der Waals surface area (Å²) in [7, 11) is 19.8. The molecule has 0 fully saturated rings. The predicted octanol–water partition coefficient (Wildman–Crippen LogP) is 1.12. The molecule has 1 aromatic carbocycles. The molecule has 4 aromatic rings. The lowest BCUT2D eigenvalue weighted by atomic mass is 9.49. The third kappa shape index (κ3) is 6.27. The molecule has 1 amide bonds. The number of ether oxygens (including phenoxy) is 1. The van der Waals surface area contributed by atoms with Crippen LogP contribution >= 0.6 is 11.3 Å². The van der Waals surface area contributed by atoms with Crippen LogP contribution in [0, 0.1) is 0 Å². The highest BCUT2D eigenvalue weighted by atomic mass is 32.1. The number of rotatable bonds is 9. The van der Waals surface area contributed by atoms with Gasteiger partial charge in [0.25, 0.3) is 5.91 Å². The number of aliphatic hydroxyl groups excluding tert-OH is 1. The van der Waals surface area contributed by atoms with E-state index in [1.54, 1.807) is 38.4 Å². The van der Waals surface area contributed by atoms with Gasteiger partial charge in [0.05, 0.1) is 64.8 Å². The standard InChI is InChI=1S/C21H20B3N9O3S/c1-10(34)14-8-25-20(37-14)11-5-4-6-12(18(11)36-3)27-13-7-15(28-16-9-26-33(2)32-16)30-31-17(13)19(35)29-21(22,23)24/h4-10,34H,1-3H3,(H,29,35)(H2,27,28,30,32). The minimum Gasteiger partial charge on any atom is -0.494 e. The number of carbonyl (C=O) groups excluding carboxylic acids is 1. The second kappa shape index (κ2) is 10.6. The van der Waals surface area contributed by atoms with Crippen molar-refractivity contribution < 1.29 is 14.6 Å². The molecule has 0 aliphatic rings. The van der Waals surface area contributed by atoms with E-state index >= 15 is 0 Å². The minimum atomic E-state index is -1.98. The number of aromatic nitrogens is 6. The van der Waals surface area contributed by atoms with E-state index in [2.05, 4.69) is 41.3 Å². The van der Waals surface area contributed by atoms with Crippen LogP contribution < -0.4 is 20.7 Å². The number of anilines is 4. The summed E-state index contributed by atoms with van der Waals surface area (Å²) in [6, 6.07) is 6.92. The third-order valence-corrected chi connectivity index (χ3v) is 6.05. The lowest BCUT2D eigenvalue weighted by Crippen LogP contribution is -2.50. The summed E-state index contributed by atoms with van der Waals surface area (Å²) in [5.41, 5.74) is 1.29. The van der Waals surface area contributed by atoms with Crippen molar-refractivity contribution in [3.63, 3.8) is 0 Å². The van der Waals surface area contributed by atoms with Gasteiger partial charge in [-0.15, -0.1) is 26.6 Å². The van der Waals surface area contributed by atoms with Crippen molar-refractivity contribution in [1.29, 1.82) is 0 Å². The molecular weight excluding hydrogens is 491 g/mol. The Bertz CT molecular complexity index is 1420. The molecule has 4 rings (SSSR count). The molecule has 3 aromatic heterocycles. The molecule has 12 nitrogen and oxygen atoms in total. The number of nitrogens with one attached hydrogen (secondary N) is 3. The SMILES string of the molecule is [B]C([B])([B])NC(=O)c1nnc(Nc2cnn(C)n2)cc1Nc1cccc(-c2ncc(C(C)O)s2)c1OC. The Balaban J connectivity index is 1.74. The molecule has 0 spiro atoms. The van der Waals surface area contributed by atoms with Crippen LogP contribution in [-0.4, -0.2) is 77.1 Å². The summed E-state index contributed by atoms with van der Waals surface area (Å²) in [6.45, 7) is 1.67. The molecule has 6 radical (unpaired) electrons. The van der Waals surface area contributed by atoms with E-state index in [4.69, 9.17) is 28.3 Å². The van der Waals surface area contributed by atoms with Crippen molar-refractivity contribution >= 4 is 63.8 Å². The highest BCUT2D eigenvalue weighted by Gasteiger charge is 2.22. The molecule has 4 N–H and O–H groups in total. The fourth-order valence-corrected chi connectivity index (χ4v) is 4.15. The zero-order valence-corrected chi connectivity index (χ0v) is 20.9. The molecule has 0 aliphatic heterocycles. The Labute approximate surface area is 220 Å². The Morgan fingerprint density at radius 1 is 1.16 bits per heavy atom. The average molecular weight is 511 g/mol. The van der Waals surface area contributed by atoms with Crippen molar-refractivity contribution in [2.45, 2.75) is 18.3 Å². The van der Waals surface area contributed by atoms with E-state index in [9.17, 15) is 9.90 Å². The van der Waals surface area contributed by atoms with Crippen molar-refractivity contribution in [2.24, 2.45) is 7.05 Å². The maximum atomic E-state index is 12.9. The molecule has 0 bridgehead atoms. The average Bonchev–Trinajstić information content (AvgIpc) is 3.47. The van der Waals surface area contributed by atoms with Crippen LogP contribution in [0.3, 0.4) is 0 Å². The maximum absolute atomic E-state index is 12.9. The van der Waals surface area contributed by atoms with Gasteiger partial charge in [0.1, 0.15) is 5.01 Å². The number of benzene rings is 1. The van der Waals surface area contributed by atoms with Crippen LogP contribution in [0.4, 0.5) is 23.0 Å². The highest BCUT2D eigenvalue weighted by Crippen LogP contribution is 2.40. The van der Waals surface area contributed by atoms with Gasteiger partial charge >= 0.3 is 0 Å². The lowest BCUT2D eigenvalue weighted by Gasteiger charge is -2.23. The molecule has 0 aliphatic carbocycles. The van der Waals surface area contributed by atoms with E-state index in [-0.39, 0.29) is 17.2 Å². The number of hydrogen-bond donors (Lipinski definition) is 4. The Morgan fingerprint density at radius 3 is 2.57 bits per heavy atom. The largest absolute Gasteiger partial charge is 0.494 e. The van der Waals surface area contributed by atoms with Gasteiger partial charge in [-0.2, -0.15) is 9.90 Å². The van der Waals surface area contributed by atoms with Gasteiger partial charge in [0.15, 0.2) is 23.1 Å². The van der Waals surface area contributed by atoms with Gasteiger partial charge in [-0.1, -0.05) is 11.3 Å². The third-order valence-electron chi connectivity index (χ3n) is 4.85. The van der Waals surface area contributed by atoms with Gasteiger partial charge < -0.3 is 25.8 Å². The molecule has 0 saturated carbocycles. The lowest BCUT2D eigenvalue weighted by molar-refractivity contribution is 0.0947. The van der Waals surface area contributed by atoms with Gasteiger partial charge in [-0.3, -0.25) is 4.79 Å². The number of aliphatic hydroxyl groups is 1. The topological polar surface area (TPSA) is 152 Å². The molecule has 1 unspecified atom stereocenters. The number of hydrogen-bond acceptors (Lipinski definition) is 11. The maximum Gasteiger partial charge on any atom is 0.272 e. The Kier molecular flexibility index (Phi) is 7.50. The highest BCUT2D eigenvalue weighted by molar-refractivity contribution is 7.15. The van der Waals surface area contributed by atoms with E-state index in [0.717, 1.165) is 0 Å². The zero-order valence-electron chi connectivity index (χ0n) is 20.1. The monoisotopic (exact) mass is 511 g/mol. The Morgan fingerprint density at radius 2 is 1.95 bits per heavy atom. The normalized spacial score (nSPS) is 12.1. The number of amides is 1. The number of methoxy groups -OCH3 is 1. The van der Waals surface area contributed by atoms with Crippen molar-refractivity contribution in [2.75, 3.05) is 17.7 Å². The minimum absolute atomic E-state index is 0.131. The summed E-state index contributed by atoms with van der Waals surface area (Å²) >= 11 is 1.34. The summed E-state index contributed by atoms with van der Waals surface area (Å²) in [4.78, 5) is 19.3. The van der Waals surface area contributed by atoms with Gasteiger partial charge in [0, 0.05) is 19.3 Å². The zero-order chi connectivity index (χ0) is 26.7. The van der Waals surface area contributed by atoms with E-state index < -0.39 is 17.2 Å². The molecule has 16 heteroatoms. The quantitative estimate of drug-likeness (QED) is 0.241. The number of carbonyl (C=O) groups is 1. The molecular formula is C21H20B3N9O3S. The molecule has 0 saturated heterocycles. The van der Waals surface area contributed by atoms with Crippen LogP contribution in [0.1, 0.15) is 28.4 Å². The number of nitrogens with zero attached hydrogens (tertiary/aromatic N) is 6. The first-order valence-electron chi connectivity index (χ1n) is 10.8. The number of para-hydroxylation sites is 1. The van der Waals surface area contributed by atoms with Gasteiger partial charge in [-0.05, 0) is 19.1 Å². The summed E-state index contributed by atoms with van der Waals surface area (Å²) in [5, 5.41) is 33.2. The Hall–Kier alpha value is -3.91. The summed E-state index contributed by atoms with van der Waals surface area (Å²) < 4.78 is 5.69. The predicted molar refractivity (Wildman–Crippen MR) is 142 cm³/mol. The first-order valence-corrected chi connectivity index (χ1v) is 11.6. The molecule has 182 valence electrons. The van der Waals surface area contributed by atoms with Crippen molar-refractivity contribution in [3.05, 3.63) is 47.2 Å². The molecule has 37 heavy (non-hydrogen) atoms. The second-order valence-corrected chi connectivity index (χ2v) is 9.04. The van der Waals surface area contributed by atoms with Gasteiger partial charge in [0.2, 0.25) is 0 Å². The van der Waals surface area contributed by atoms with Crippen LogP contribution in [0.25, 0.3) is 10.6 Å². The fourth-order valence-electron chi connectivity index (χ4n) is 3.28. The number of aryl methyl sites for hydroxylation is 1. The van der Waals surface area contributed by atoms with E-state index in [1.807, 2.05) is 6.07 Å². The molecule has 1 atom stereocenters. The van der Waals surface area contributed by atoms with E-state index in [1.165, 1.54) is 29.4 Å². The smallest absolute Gasteiger partial charge is 0.272 e. The van der Waals surface area contributed by atoms with Crippen molar-refractivity contribution in [3.8, 4) is 16.3 Å². The van der Waals surface area contributed by atoms with Crippen LogP contribution in [-0.2, 0) is 7.05 Å². The van der Waals surface area contributed by atoms with Crippen LogP contribution in [0.2, 0.25) is 0 Å². The number of thiazole rings is 1. The van der Waals surface area contributed by atoms with Crippen LogP contribution in [0.15, 0.2) is 36.7 Å². The first kappa shape index (κ1) is 26.2. The summed E-state index contributed by atoms with van der Waals surface area (Å²) in [5.74, 6) is 0.384. The first-order chi connectivity index (χ1) is 17.5. The van der Waals surface area contributed by atoms with Gasteiger partial charge in [-0.25, -0.2) is 4.98 Å². The van der Waals surface area contributed by atoms with E-state index in [0.29, 0.717) is 32.7 Å². The second-order valence-electron chi connectivity index (χ2n) is 7.98. The van der Waals surface area contributed by atoms with Crippen molar-refractivity contribution in [1.82, 2.24) is 35.5 Å². The fraction of sp³-hybridized carbons (Fsp3) is 0.238. The summed E-state index contributed by atoms with van der Waals surface area (Å²) in [6.07, 6.45) is 2.47.